The maximum absolute atomic E-state index is 12.4. The van der Waals surface area contributed by atoms with Crippen molar-refractivity contribution in [3.63, 3.8) is 0 Å². The molecule has 0 saturated carbocycles. The Hall–Kier alpha value is -2.20. The molecule has 6 heteroatoms. The maximum atomic E-state index is 12.4. The van der Waals surface area contributed by atoms with Gasteiger partial charge in [-0.05, 0) is 23.3 Å². The highest BCUT2D eigenvalue weighted by atomic mass is 35.5. The molecular weight excluding hydrogens is 403 g/mol. The van der Waals surface area contributed by atoms with Gasteiger partial charge in [0.05, 0.1) is 15.7 Å². The summed E-state index contributed by atoms with van der Waals surface area (Å²) in [4.78, 5) is 12.4. The molecule has 3 nitrogen and oxygen atoms in total. The van der Waals surface area contributed by atoms with Crippen LogP contribution in [0.3, 0.4) is 0 Å². The Bertz CT molecular complexity index is 855. The SMILES string of the molecule is O=C(NCC(c1ccccc1)c1ccccc1)Nc1c(Cl)cc(Cl)cc1Cl. The molecule has 0 atom stereocenters. The molecule has 0 heterocycles. The third kappa shape index (κ3) is 5.16. The fourth-order valence-corrected chi connectivity index (χ4v) is 3.72. The second kappa shape index (κ2) is 9.14. The van der Waals surface area contributed by atoms with Crippen molar-refractivity contribution in [1.82, 2.24) is 5.32 Å². The molecule has 0 fully saturated rings. The lowest BCUT2D eigenvalue weighted by atomic mass is 9.91. The summed E-state index contributed by atoms with van der Waals surface area (Å²) in [6.45, 7) is 0.419. The van der Waals surface area contributed by atoms with Gasteiger partial charge in [-0.15, -0.1) is 0 Å². The number of amides is 2. The Labute approximate surface area is 173 Å². The van der Waals surface area contributed by atoms with E-state index in [-0.39, 0.29) is 16.0 Å². The molecule has 0 bridgehead atoms. The molecular formula is C21H17Cl3N2O. The van der Waals surface area contributed by atoms with Gasteiger partial charge in [-0.2, -0.15) is 0 Å². The van der Waals surface area contributed by atoms with Crippen molar-refractivity contribution in [2.45, 2.75) is 5.92 Å². The Morgan fingerprint density at radius 3 is 1.78 bits per heavy atom. The predicted octanol–water partition coefficient (Wildman–Crippen LogP) is 6.60. The lowest BCUT2D eigenvalue weighted by molar-refractivity contribution is 0.252. The number of carbonyl (C=O) groups is 1. The monoisotopic (exact) mass is 418 g/mol. The molecule has 0 aliphatic rings. The van der Waals surface area contributed by atoms with Gasteiger partial charge < -0.3 is 10.6 Å². The second-order valence-corrected chi connectivity index (χ2v) is 7.20. The zero-order valence-corrected chi connectivity index (χ0v) is 16.5. The number of hydrogen-bond donors (Lipinski definition) is 2. The fourth-order valence-electron chi connectivity index (χ4n) is 2.81. The van der Waals surface area contributed by atoms with E-state index >= 15 is 0 Å². The van der Waals surface area contributed by atoms with Crippen LogP contribution in [0.1, 0.15) is 17.0 Å². The molecule has 0 aromatic heterocycles. The third-order valence-corrected chi connectivity index (χ3v) is 4.93. The van der Waals surface area contributed by atoms with E-state index in [1.807, 2.05) is 60.7 Å². The van der Waals surface area contributed by atoms with Crippen molar-refractivity contribution in [1.29, 1.82) is 0 Å². The van der Waals surface area contributed by atoms with Gasteiger partial charge in [0.15, 0.2) is 0 Å². The number of hydrogen-bond acceptors (Lipinski definition) is 1. The summed E-state index contributed by atoms with van der Waals surface area (Å²) in [6.07, 6.45) is 0. The first-order valence-corrected chi connectivity index (χ1v) is 9.47. The Kier molecular flexibility index (Phi) is 6.62. The van der Waals surface area contributed by atoms with Crippen molar-refractivity contribution >= 4 is 46.5 Å². The first-order valence-electron chi connectivity index (χ1n) is 8.34. The van der Waals surface area contributed by atoms with Gasteiger partial charge >= 0.3 is 6.03 Å². The molecule has 0 spiro atoms. The largest absolute Gasteiger partial charge is 0.337 e. The molecule has 27 heavy (non-hydrogen) atoms. The van der Waals surface area contributed by atoms with Crippen LogP contribution in [-0.4, -0.2) is 12.6 Å². The highest BCUT2D eigenvalue weighted by Crippen LogP contribution is 2.33. The maximum Gasteiger partial charge on any atom is 0.319 e. The lowest BCUT2D eigenvalue weighted by Crippen LogP contribution is -2.33. The lowest BCUT2D eigenvalue weighted by Gasteiger charge is -2.19. The van der Waals surface area contributed by atoms with Crippen LogP contribution >= 0.6 is 34.8 Å². The summed E-state index contributed by atoms with van der Waals surface area (Å²) in [5.41, 5.74) is 2.56. The molecule has 2 amide bonds. The van der Waals surface area contributed by atoms with Crippen LogP contribution in [0.25, 0.3) is 0 Å². The van der Waals surface area contributed by atoms with Crippen molar-refractivity contribution in [2.75, 3.05) is 11.9 Å². The topological polar surface area (TPSA) is 41.1 Å². The number of nitrogens with one attached hydrogen (secondary N) is 2. The van der Waals surface area contributed by atoms with Crippen LogP contribution < -0.4 is 10.6 Å². The number of anilines is 1. The van der Waals surface area contributed by atoms with Crippen LogP contribution in [0.4, 0.5) is 10.5 Å². The first kappa shape index (κ1) is 19.6. The van der Waals surface area contributed by atoms with E-state index in [0.29, 0.717) is 17.3 Å². The van der Waals surface area contributed by atoms with Crippen molar-refractivity contribution in [3.05, 3.63) is 99.0 Å². The number of halogens is 3. The van der Waals surface area contributed by atoms with Crippen LogP contribution in [0, 0.1) is 0 Å². The van der Waals surface area contributed by atoms with Gasteiger partial charge in [0.25, 0.3) is 0 Å². The highest BCUT2D eigenvalue weighted by Gasteiger charge is 2.16. The van der Waals surface area contributed by atoms with Gasteiger partial charge in [0, 0.05) is 17.5 Å². The average molecular weight is 420 g/mol. The quantitative estimate of drug-likeness (QED) is 0.480. The normalized spacial score (nSPS) is 10.7. The number of benzene rings is 3. The minimum atomic E-state index is -0.391. The van der Waals surface area contributed by atoms with Crippen molar-refractivity contribution < 1.29 is 4.79 Å². The van der Waals surface area contributed by atoms with E-state index < -0.39 is 6.03 Å². The van der Waals surface area contributed by atoms with E-state index in [2.05, 4.69) is 10.6 Å². The molecule has 0 radical (unpaired) electrons. The summed E-state index contributed by atoms with van der Waals surface area (Å²) in [5.74, 6) is 0.0225. The molecule has 0 aliphatic carbocycles. The predicted molar refractivity (Wildman–Crippen MR) is 113 cm³/mol. The van der Waals surface area contributed by atoms with E-state index in [1.54, 1.807) is 0 Å². The molecule has 3 aromatic rings. The van der Waals surface area contributed by atoms with Crippen molar-refractivity contribution in [2.24, 2.45) is 0 Å². The average Bonchev–Trinajstić information content (AvgIpc) is 2.66. The summed E-state index contributed by atoms with van der Waals surface area (Å²) in [7, 11) is 0. The summed E-state index contributed by atoms with van der Waals surface area (Å²) in [6, 6.07) is 22.7. The molecule has 3 aromatic carbocycles. The molecule has 0 saturated heterocycles. The Balaban J connectivity index is 1.73. The standard InChI is InChI=1S/C21H17Cl3N2O/c22-16-11-18(23)20(19(24)12-16)26-21(27)25-13-17(14-7-3-1-4-8-14)15-9-5-2-6-10-15/h1-12,17H,13H2,(H2,25,26,27). The minimum absolute atomic E-state index is 0.0225. The zero-order chi connectivity index (χ0) is 19.2. The fraction of sp³-hybridized carbons (Fsp3) is 0.0952. The van der Waals surface area contributed by atoms with Crippen LogP contribution in [0.2, 0.25) is 15.1 Å². The summed E-state index contributed by atoms with van der Waals surface area (Å²) >= 11 is 18.1. The molecule has 0 unspecified atom stereocenters. The zero-order valence-electron chi connectivity index (χ0n) is 14.3. The summed E-state index contributed by atoms with van der Waals surface area (Å²) < 4.78 is 0. The van der Waals surface area contributed by atoms with Crippen LogP contribution in [0.15, 0.2) is 72.8 Å². The molecule has 2 N–H and O–H groups in total. The number of carbonyl (C=O) groups excluding carboxylic acids is 1. The smallest absolute Gasteiger partial charge is 0.319 e. The van der Waals surface area contributed by atoms with Crippen LogP contribution in [0.5, 0.6) is 0 Å². The van der Waals surface area contributed by atoms with Gasteiger partial charge in [0.2, 0.25) is 0 Å². The van der Waals surface area contributed by atoms with E-state index in [1.165, 1.54) is 12.1 Å². The molecule has 0 aliphatic heterocycles. The van der Waals surface area contributed by atoms with Crippen LogP contribution in [-0.2, 0) is 0 Å². The number of urea groups is 1. The highest BCUT2D eigenvalue weighted by molar-refractivity contribution is 6.42. The van der Waals surface area contributed by atoms with E-state index in [0.717, 1.165) is 11.1 Å². The Morgan fingerprint density at radius 1 is 0.815 bits per heavy atom. The first-order chi connectivity index (χ1) is 13.0. The molecule has 3 rings (SSSR count). The minimum Gasteiger partial charge on any atom is -0.337 e. The summed E-state index contributed by atoms with van der Waals surface area (Å²) in [5, 5.41) is 6.56. The van der Waals surface area contributed by atoms with E-state index in [9.17, 15) is 4.79 Å². The van der Waals surface area contributed by atoms with Crippen molar-refractivity contribution in [3.8, 4) is 0 Å². The molecule has 138 valence electrons. The van der Waals surface area contributed by atoms with Gasteiger partial charge in [-0.3, -0.25) is 0 Å². The Morgan fingerprint density at radius 2 is 1.30 bits per heavy atom. The third-order valence-electron chi connectivity index (χ3n) is 4.12. The van der Waals surface area contributed by atoms with Gasteiger partial charge in [-0.25, -0.2) is 4.79 Å². The van der Waals surface area contributed by atoms with Gasteiger partial charge in [-0.1, -0.05) is 95.5 Å². The van der Waals surface area contributed by atoms with Gasteiger partial charge in [0.1, 0.15) is 0 Å². The number of rotatable bonds is 5. The second-order valence-electron chi connectivity index (χ2n) is 5.95. The van der Waals surface area contributed by atoms with E-state index in [4.69, 9.17) is 34.8 Å².